The van der Waals surface area contributed by atoms with Gasteiger partial charge in [0.05, 0.1) is 5.54 Å². The minimum Gasteiger partial charge on any atom is -0.444 e. The van der Waals surface area contributed by atoms with Crippen molar-refractivity contribution in [1.29, 1.82) is 0 Å². The van der Waals surface area contributed by atoms with Crippen LogP contribution in [-0.4, -0.2) is 61.7 Å². The van der Waals surface area contributed by atoms with Crippen molar-refractivity contribution in [2.45, 2.75) is 82.8 Å². The van der Waals surface area contributed by atoms with Crippen LogP contribution in [0.5, 0.6) is 0 Å². The zero-order valence-corrected chi connectivity index (χ0v) is 23.0. The lowest BCUT2D eigenvalue weighted by Crippen LogP contribution is -2.52. The van der Waals surface area contributed by atoms with Crippen LogP contribution in [0.25, 0.3) is 11.0 Å². The number of rotatable bonds is 3. The number of fused-ring (bicyclic) bond motifs is 4. The van der Waals surface area contributed by atoms with Crippen LogP contribution < -0.4 is 10.6 Å². The van der Waals surface area contributed by atoms with Crippen molar-refractivity contribution in [3.63, 3.8) is 0 Å². The second-order valence-corrected chi connectivity index (χ2v) is 12.1. The first-order chi connectivity index (χ1) is 18.7. The zero-order chi connectivity index (χ0) is 27.2. The number of nitrogens with zero attached hydrogens (tertiary/aromatic N) is 5. The molecule has 0 unspecified atom stereocenters. The number of aromatic nitrogens is 4. The Labute approximate surface area is 228 Å². The van der Waals surface area contributed by atoms with E-state index in [2.05, 4.69) is 31.2 Å². The smallest absolute Gasteiger partial charge is 0.410 e. The summed E-state index contributed by atoms with van der Waals surface area (Å²) in [4.78, 5) is 40.9. The predicted molar refractivity (Wildman–Crippen MR) is 148 cm³/mol. The van der Waals surface area contributed by atoms with E-state index in [9.17, 15) is 9.59 Å². The molecule has 2 fully saturated rings. The summed E-state index contributed by atoms with van der Waals surface area (Å²) in [6.45, 7) is 7.67. The fourth-order valence-electron chi connectivity index (χ4n) is 6.28. The van der Waals surface area contributed by atoms with Gasteiger partial charge in [-0.2, -0.15) is 4.98 Å². The molecule has 1 saturated carbocycles. The van der Waals surface area contributed by atoms with Gasteiger partial charge in [-0.15, -0.1) is 0 Å². The maximum Gasteiger partial charge on any atom is 0.410 e. The molecule has 2 amide bonds. The number of likely N-dealkylation sites (tertiary alicyclic amines) is 1. The monoisotopic (exact) mass is 531 g/mol. The minimum absolute atomic E-state index is 0.0482. The number of pyridine rings is 1. The van der Waals surface area contributed by atoms with Crippen LogP contribution in [0.1, 0.15) is 87.7 Å². The quantitative estimate of drug-likeness (QED) is 0.484. The van der Waals surface area contributed by atoms with E-state index in [1.807, 2.05) is 39.1 Å². The molecular weight excluding hydrogens is 494 g/mol. The Balaban J connectivity index is 1.16. The van der Waals surface area contributed by atoms with Crippen LogP contribution in [0.4, 0.5) is 16.6 Å². The molecule has 10 nitrogen and oxygen atoms in total. The predicted octanol–water partition coefficient (Wildman–Crippen LogP) is 5.09. The molecule has 2 aliphatic heterocycles. The Morgan fingerprint density at radius 3 is 2.56 bits per heavy atom. The van der Waals surface area contributed by atoms with Gasteiger partial charge in [-0.05, 0) is 70.1 Å². The molecule has 6 rings (SSSR count). The molecule has 5 heterocycles. The van der Waals surface area contributed by atoms with Gasteiger partial charge in [-0.3, -0.25) is 4.79 Å². The summed E-state index contributed by atoms with van der Waals surface area (Å²) in [6.07, 6.45) is 10.8. The molecule has 2 N–H and O–H groups in total. The highest BCUT2D eigenvalue weighted by Crippen LogP contribution is 2.40. The average molecular weight is 532 g/mol. The Bertz CT molecular complexity index is 1380. The number of nitrogens with one attached hydrogen (secondary N) is 2. The number of carbonyl (C=O) groups excluding carboxylic acids is 2. The van der Waals surface area contributed by atoms with Crippen LogP contribution in [-0.2, 0) is 10.3 Å². The number of hydrogen-bond acceptors (Lipinski definition) is 7. The molecule has 0 aromatic carbocycles. The number of amides is 2. The third-order valence-electron chi connectivity index (χ3n) is 8.25. The lowest BCUT2D eigenvalue weighted by molar-refractivity contribution is 0.0204. The van der Waals surface area contributed by atoms with Crippen molar-refractivity contribution in [1.82, 2.24) is 29.7 Å². The normalized spacial score (nSPS) is 19.6. The molecule has 0 atom stereocenters. The molecule has 206 valence electrons. The Morgan fingerprint density at radius 2 is 1.87 bits per heavy atom. The van der Waals surface area contributed by atoms with Gasteiger partial charge in [-0.1, -0.05) is 25.3 Å². The Morgan fingerprint density at radius 1 is 1.10 bits per heavy atom. The SMILES string of the molecule is CC(C)(C)OC(=O)N1CCC(c2ccc(Nc3ncc4cc5n(c4n3)C3(CCCCC3)CNC5=O)nc2)CC1. The molecule has 0 bridgehead atoms. The molecule has 1 spiro atoms. The summed E-state index contributed by atoms with van der Waals surface area (Å²) >= 11 is 0. The maximum atomic E-state index is 12.7. The fourth-order valence-corrected chi connectivity index (χ4v) is 6.28. The largest absolute Gasteiger partial charge is 0.444 e. The van der Waals surface area contributed by atoms with E-state index < -0.39 is 5.60 Å². The molecule has 3 aromatic rings. The summed E-state index contributed by atoms with van der Waals surface area (Å²) in [5, 5.41) is 7.23. The summed E-state index contributed by atoms with van der Waals surface area (Å²) in [6, 6.07) is 5.94. The lowest BCUT2D eigenvalue weighted by Gasteiger charge is -2.42. The van der Waals surface area contributed by atoms with Gasteiger partial charge >= 0.3 is 6.09 Å². The first-order valence-electron chi connectivity index (χ1n) is 14.1. The summed E-state index contributed by atoms with van der Waals surface area (Å²) in [5.41, 5.74) is 2.03. The molecule has 3 aromatic heterocycles. The second kappa shape index (κ2) is 9.81. The topological polar surface area (TPSA) is 114 Å². The van der Waals surface area contributed by atoms with E-state index >= 15 is 0 Å². The van der Waals surface area contributed by atoms with Gasteiger partial charge in [-0.25, -0.2) is 14.8 Å². The van der Waals surface area contributed by atoms with Crippen LogP contribution in [0.3, 0.4) is 0 Å². The van der Waals surface area contributed by atoms with Gasteiger partial charge in [0.15, 0.2) is 0 Å². The summed E-state index contributed by atoms with van der Waals surface area (Å²) in [7, 11) is 0. The van der Waals surface area contributed by atoms with E-state index in [1.165, 1.54) is 6.42 Å². The minimum atomic E-state index is -0.484. The van der Waals surface area contributed by atoms with E-state index in [1.54, 1.807) is 11.1 Å². The van der Waals surface area contributed by atoms with Gasteiger partial charge in [0.2, 0.25) is 5.95 Å². The average Bonchev–Trinajstić information content (AvgIpc) is 3.32. The highest BCUT2D eigenvalue weighted by atomic mass is 16.6. The van der Waals surface area contributed by atoms with Gasteiger partial charge < -0.3 is 24.8 Å². The van der Waals surface area contributed by atoms with E-state index in [0.29, 0.717) is 43.0 Å². The summed E-state index contributed by atoms with van der Waals surface area (Å²) < 4.78 is 7.69. The van der Waals surface area contributed by atoms with Gasteiger partial charge in [0, 0.05) is 37.4 Å². The molecule has 1 aliphatic carbocycles. The Hall–Kier alpha value is -3.69. The Kier molecular flexibility index (Phi) is 6.43. The first-order valence-corrected chi connectivity index (χ1v) is 14.1. The number of ether oxygens (including phenoxy) is 1. The molecule has 0 radical (unpaired) electrons. The van der Waals surface area contributed by atoms with E-state index in [0.717, 1.165) is 55.1 Å². The third-order valence-corrected chi connectivity index (χ3v) is 8.25. The molecule has 39 heavy (non-hydrogen) atoms. The number of anilines is 2. The molecule has 3 aliphatic rings. The van der Waals surface area contributed by atoms with Crippen molar-refractivity contribution >= 4 is 34.8 Å². The zero-order valence-electron chi connectivity index (χ0n) is 23.0. The first kappa shape index (κ1) is 25.6. The maximum absolute atomic E-state index is 12.7. The van der Waals surface area contributed by atoms with E-state index in [-0.39, 0.29) is 17.5 Å². The molecular formula is C29H37N7O3. The number of carbonyl (C=O) groups is 2. The lowest BCUT2D eigenvalue weighted by atomic mass is 9.80. The van der Waals surface area contributed by atoms with Gasteiger partial charge in [0.1, 0.15) is 22.8 Å². The highest BCUT2D eigenvalue weighted by molar-refractivity contribution is 5.99. The van der Waals surface area contributed by atoms with Crippen LogP contribution >= 0.6 is 0 Å². The van der Waals surface area contributed by atoms with Crippen molar-refractivity contribution in [2.24, 2.45) is 0 Å². The number of piperidine rings is 1. The number of hydrogen-bond donors (Lipinski definition) is 2. The van der Waals surface area contributed by atoms with Crippen LogP contribution in [0.2, 0.25) is 0 Å². The van der Waals surface area contributed by atoms with Crippen molar-refractivity contribution in [3.8, 4) is 0 Å². The third kappa shape index (κ3) is 5.04. The van der Waals surface area contributed by atoms with Crippen LogP contribution in [0.15, 0.2) is 30.6 Å². The standard InChI is InChI=1S/C29H37N7O3/c1-28(2,3)39-27(38)35-13-9-19(10-14-35)20-7-8-23(30-16-20)33-26-31-17-21-15-22-25(37)32-18-29(11-5-4-6-12-29)36(22)24(21)34-26/h7-8,15-17,19H,4-6,9-14,18H2,1-3H3,(H,32,37)(H,30,31,33,34). The van der Waals surface area contributed by atoms with Crippen molar-refractivity contribution < 1.29 is 14.3 Å². The molecule has 10 heteroatoms. The fraction of sp³-hybridized carbons (Fsp3) is 0.552. The van der Waals surface area contributed by atoms with Crippen molar-refractivity contribution in [2.75, 3.05) is 25.0 Å². The summed E-state index contributed by atoms with van der Waals surface area (Å²) in [5.74, 6) is 1.43. The molecule has 1 saturated heterocycles. The van der Waals surface area contributed by atoms with Gasteiger partial charge in [0.25, 0.3) is 5.91 Å². The second-order valence-electron chi connectivity index (χ2n) is 12.1. The van der Waals surface area contributed by atoms with Crippen molar-refractivity contribution in [3.05, 3.63) is 41.9 Å². The highest BCUT2D eigenvalue weighted by Gasteiger charge is 2.41. The van der Waals surface area contributed by atoms with E-state index in [4.69, 9.17) is 9.72 Å². The van der Waals surface area contributed by atoms with Crippen LogP contribution in [0, 0.1) is 0 Å².